The summed E-state index contributed by atoms with van der Waals surface area (Å²) in [5.74, 6) is 0.751. The summed E-state index contributed by atoms with van der Waals surface area (Å²) in [6.45, 7) is 4.60. The lowest BCUT2D eigenvalue weighted by molar-refractivity contribution is -0.118. The fourth-order valence-corrected chi connectivity index (χ4v) is 4.92. The van der Waals surface area contributed by atoms with E-state index < -0.39 is 0 Å². The van der Waals surface area contributed by atoms with E-state index in [0.29, 0.717) is 28.4 Å². The van der Waals surface area contributed by atoms with Gasteiger partial charge in [0, 0.05) is 6.54 Å². The van der Waals surface area contributed by atoms with Crippen molar-refractivity contribution in [3.63, 3.8) is 0 Å². The number of fused-ring (bicyclic) bond motifs is 3. The Kier molecular flexibility index (Phi) is 6.37. The molecule has 7 nitrogen and oxygen atoms in total. The lowest BCUT2D eigenvalue weighted by Crippen LogP contribution is -2.29. The third-order valence-corrected chi connectivity index (χ3v) is 6.99. The summed E-state index contributed by atoms with van der Waals surface area (Å²) in [5.41, 5.74) is 3.45. The maximum atomic E-state index is 13.4. The Hall–Kier alpha value is -3.91. The number of amides is 1. The second kappa shape index (κ2) is 9.76. The zero-order valence-corrected chi connectivity index (χ0v) is 20.3. The van der Waals surface area contributed by atoms with Crippen LogP contribution in [-0.4, -0.2) is 37.4 Å². The third-order valence-electron chi connectivity index (χ3n) is 6.06. The van der Waals surface area contributed by atoms with Crippen LogP contribution in [0.2, 0.25) is 0 Å². The number of carbonyl (C=O) groups excluding carboxylic acids is 1. The van der Waals surface area contributed by atoms with Gasteiger partial charge in [-0.3, -0.25) is 14.0 Å². The average Bonchev–Trinajstić information content (AvgIpc) is 3.31. The highest BCUT2D eigenvalue weighted by molar-refractivity contribution is 7.99. The Morgan fingerprint density at radius 3 is 2.49 bits per heavy atom. The molecule has 0 aliphatic heterocycles. The molecule has 0 fully saturated rings. The van der Waals surface area contributed by atoms with E-state index in [9.17, 15) is 9.59 Å². The first-order chi connectivity index (χ1) is 17.0. The first-order valence-corrected chi connectivity index (χ1v) is 12.4. The minimum Gasteiger partial charge on any atom is -0.355 e. The predicted octanol–water partition coefficient (Wildman–Crippen LogP) is 4.35. The highest BCUT2D eigenvalue weighted by Gasteiger charge is 2.19. The van der Waals surface area contributed by atoms with Gasteiger partial charge in [-0.25, -0.2) is 4.57 Å². The van der Waals surface area contributed by atoms with Gasteiger partial charge in [0.15, 0.2) is 5.16 Å². The molecule has 0 aliphatic carbocycles. The number of aryl methyl sites for hydroxylation is 1. The quantitative estimate of drug-likeness (QED) is 0.348. The molecule has 3 aromatic carbocycles. The molecule has 0 aliphatic rings. The molecule has 0 spiro atoms. The van der Waals surface area contributed by atoms with Gasteiger partial charge < -0.3 is 5.32 Å². The van der Waals surface area contributed by atoms with Gasteiger partial charge in [0.2, 0.25) is 11.7 Å². The summed E-state index contributed by atoms with van der Waals surface area (Å²) in [6, 6.07) is 25.2. The highest BCUT2D eigenvalue weighted by atomic mass is 32.2. The molecule has 2 aromatic heterocycles. The van der Waals surface area contributed by atoms with Gasteiger partial charge in [-0.1, -0.05) is 79.3 Å². The van der Waals surface area contributed by atoms with Crippen LogP contribution in [0.3, 0.4) is 0 Å². The zero-order chi connectivity index (χ0) is 24.4. The summed E-state index contributed by atoms with van der Waals surface area (Å²) in [5, 5.41) is 12.8. The number of nitrogens with zero attached hydrogens (tertiary/aromatic N) is 4. The molecule has 1 atom stereocenters. The molecule has 1 amide bonds. The largest absolute Gasteiger partial charge is 0.355 e. The van der Waals surface area contributed by atoms with Crippen molar-refractivity contribution >= 4 is 34.3 Å². The fraction of sp³-hybridized carbons (Fsp3) is 0.185. The molecular weight excluding hydrogens is 458 g/mol. The standard InChI is InChI=1S/C27H25N5O2S/c1-18-10-6-8-14-22(18)31-25(34)21-13-7-9-15-23(21)32-26(31)29-30-27(32)35-17-24(33)28-16-19(2)20-11-4-3-5-12-20/h3-15,19H,16-17H2,1-2H3,(H,28,33). The van der Waals surface area contributed by atoms with E-state index in [-0.39, 0.29) is 23.1 Å². The molecule has 5 aromatic rings. The Labute approximate surface area is 206 Å². The van der Waals surface area contributed by atoms with E-state index in [0.717, 1.165) is 11.3 Å². The molecule has 5 rings (SSSR count). The first kappa shape index (κ1) is 22.9. The summed E-state index contributed by atoms with van der Waals surface area (Å²) in [7, 11) is 0. The smallest absolute Gasteiger partial charge is 0.267 e. The maximum absolute atomic E-state index is 13.4. The van der Waals surface area contributed by atoms with Crippen LogP contribution in [-0.2, 0) is 4.79 Å². The number of hydrogen-bond donors (Lipinski definition) is 1. The van der Waals surface area contributed by atoms with E-state index in [1.165, 1.54) is 17.3 Å². The molecule has 8 heteroatoms. The van der Waals surface area contributed by atoms with E-state index in [1.807, 2.05) is 72.0 Å². The van der Waals surface area contributed by atoms with E-state index >= 15 is 0 Å². The number of nitrogens with one attached hydrogen (secondary N) is 1. The molecule has 1 unspecified atom stereocenters. The van der Waals surface area contributed by atoms with Gasteiger partial charge in [0.25, 0.3) is 5.56 Å². The van der Waals surface area contributed by atoms with Crippen molar-refractivity contribution in [2.24, 2.45) is 0 Å². The second-order valence-electron chi connectivity index (χ2n) is 8.47. The van der Waals surface area contributed by atoms with Gasteiger partial charge in [-0.2, -0.15) is 0 Å². The summed E-state index contributed by atoms with van der Waals surface area (Å²) >= 11 is 1.30. The van der Waals surface area contributed by atoms with Crippen LogP contribution in [0.4, 0.5) is 0 Å². The van der Waals surface area contributed by atoms with Gasteiger partial charge in [-0.05, 0) is 42.2 Å². The molecule has 0 radical (unpaired) electrons. The molecule has 176 valence electrons. The predicted molar refractivity (Wildman–Crippen MR) is 139 cm³/mol. The van der Waals surface area contributed by atoms with Crippen molar-refractivity contribution in [2.75, 3.05) is 12.3 Å². The average molecular weight is 484 g/mol. The third kappa shape index (κ3) is 4.44. The zero-order valence-electron chi connectivity index (χ0n) is 19.5. The lowest BCUT2D eigenvalue weighted by atomic mass is 10.0. The number of benzene rings is 3. The summed E-state index contributed by atoms with van der Waals surface area (Å²) in [6.07, 6.45) is 0. The molecular formula is C27H25N5O2S. The SMILES string of the molecule is Cc1ccccc1-n1c(=O)c2ccccc2n2c(SCC(=O)NCC(C)c3ccccc3)nnc12. The monoisotopic (exact) mass is 483 g/mol. The summed E-state index contributed by atoms with van der Waals surface area (Å²) < 4.78 is 3.45. The number of thioether (sulfide) groups is 1. The maximum Gasteiger partial charge on any atom is 0.267 e. The van der Waals surface area contributed by atoms with Crippen molar-refractivity contribution in [1.29, 1.82) is 0 Å². The number of aromatic nitrogens is 4. The van der Waals surface area contributed by atoms with Crippen molar-refractivity contribution in [1.82, 2.24) is 24.5 Å². The molecule has 0 saturated carbocycles. The summed E-state index contributed by atoms with van der Waals surface area (Å²) in [4.78, 5) is 26.1. The van der Waals surface area contributed by atoms with Crippen LogP contribution in [0, 0.1) is 6.92 Å². The van der Waals surface area contributed by atoms with Crippen molar-refractivity contribution < 1.29 is 4.79 Å². The number of para-hydroxylation sites is 2. The van der Waals surface area contributed by atoms with Crippen molar-refractivity contribution in [3.8, 4) is 5.69 Å². The normalized spacial score (nSPS) is 12.2. The highest BCUT2D eigenvalue weighted by Crippen LogP contribution is 2.24. The van der Waals surface area contributed by atoms with Gasteiger partial charge in [0.05, 0.1) is 22.3 Å². The van der Waals surface area contributed by atoms with E-state index in [4.69, 9.17) is 0 Å². The molecule has 0 saturated heterocycles. The van der Waals surface area contributed by atoms with E-state index in [1.54, 1.807) is 10.6 Å². The molecule has 0 bridgehead atoms. The first-order valence-electron chi connectivity index (χ1n) is 11.4. The van der Waals surface area contributed by atoms with Gasteiger partial charge in [0.1, 0.15) is 0 Å². The Morgan fingerprint density at radius 1 is 0.971 bits per heavy atom. The van der Waals surface area contributed by atoms with Gasteiger partial charge >= 0.3 is 0 Å². The Bertz CT molecular complexity index is 1580. The minimum absolute atomic E-state index is 0.0777. The minimum atomic E-state index is -0.154. The van der Waals surface area contributed by atoms with Crippen LogP contribution in [0.1, 0.15) is 24.0 Å². The second-order valence-corrected chi connectivity index (χ2v) is 9.41. The molecule has 2 heterocycles. The lowest BCUT2D eigenvalue weighted by Gasteiger charge is -2.14. The fourth-order valence-electron chi connectivity index (χ4n) is 4.15. The van der Waals surface area contributed by atoms with Crippen LogP contribution >= 0.6 is 11.8 Å². The van der Waals surface area contributed by atoms with Crippen molar-refractivity contribution in [2.45, 2.75) is 24.9 Å². The number of rotatable bonds is 7. The van der Waals surface area contributed by atoms with Crippen molar-refractivity contribution in [3.05, 3.63) is 100 Å². The topological polar surface area (TPSA) is 81.3 Å². The van der Waals surface area contributed by atoms with Crippen LogP contribution in [0.15, 0.2) is 88.8 Å². The van der Waals surface area contributed by atoms with E-state index in [2.05, 4.69) is 34.6 Å². The van der Waals surface area contributed by atoms with Gasteiger partial charge in [-0.15, -0.1) is 10.2 Å². The number of carbonyl (C=O) groups is 1. The Balaban J connectivity index is 1.44. The Morgan fingerprint density at radius 2 is 1.69 bits per heavy atom. The van der Waals surface area contributed by atoms with Crippen LogP contribution < -0.4 is 10.9 Å². The number of hydrogen-bond acceptors (Lipinski definition) is 5. The molecule has 1 N–H and O–H groups in total. The van der Waals surface area contributed by atoms with Crippen LogP contribution in [0.25, 0.3) is 22.4 Å². The van der Waals surface area contributed by atoms with Crippen LogP contribution in [0.5, 0.6) is 0 Å². The molecule has 35 heavy (non-hydrogen) atoms.